The summed E-state index contributed by atoms with van der Waals surface area (Å²) in [5.41, 5.74) is 5.46. The summed E-state index contributed by atoms with van der Waals surface area (Å²) >= 11 is 5.82. The van der Waals surface area contributed by atoms with Crippen LogP contribution in [0.4, 0.5) is 11.8 Å². The number of aryl methyl sites for hydroxylation is 1. The molecule has 7 nitrogen and oxygen atoms in total. The van der Waals surface area contributed by atoms with Crippen molar-refractivity contribution < 1.29 is 9.32 Å². The number of hydrogen-bond acceptors (Lipinski definition) is 6. The maximum atomic E-state index is 11.8. The average molecular weight is 254 g/mol. The number of anilines is 2. The molecular formula is C9H8ClN5O2. The van der Waals surface area contributed by atoms with Crippen LogP contribution in [-0.4, -0.2) is 21.0 Å². The van der Waals surface area contributed by atoms with Crippen LogP contribution in [0.2, 0.25) is 5.02 Å². The molecule has 8 heteroatoms. The molecule has 1 amide bonds. The molecule has 2 aromatic rings. The highest BCUT2D eigenvalue weighted by Crippen LogP contribution is 2.16. The Balaban J connectivity index is 2.22. The van der Waals surface area contributed by atoms with E-state index in [9.17, 15) is 4.79 Å². The lowest BCUT2D eigenvalue weighted by Gasteiger charge is -2.02. The summed E-state index contributed by atoms with van der Waals surface area (Å²) in [5.74, 6) is 0.0409. The standard InChI is InChI=1S/C9H8ClN5O2/c1-4-12-9(17-15-4)14-8(16)7-5(10)2-3-6(11)13-7/h2-3H,1H3,(H2,11,13)(H,12,14,15,16). The number of aromatic nitrogens is 3. The van der Waals surface area contributed by atoms with Crippen LogP contribution in [0.5, 0.6) is 0 Å². The minimum atomic E-state index is -0.564. The number of hydrogen-bond donors (Lipinski definition) is 2. The number of pyridine rings is 1. The Kier molecular flexibility index (Phi) is 2.92. The molecule has 2 rings (SSSR count). The van der Waals surface area contributed by atoms with Crippen LogP contribution in [0.3, 0.4) is 0 Å². The number of carbonyl (C=O) groups excluding carboxylic acids is 1. The fraction of sp³-hybridized carbons (Fsp3) is 0.111. The van der Waals surface area contributed by atoms with E-state index in [2.05, 4.69) is 20.4 Å². The number of rotatable bonds is 2. The molecule has 3 N–H and O–H groups in total. The average Bonchev–Trinajstić information content (AvgIpc) is 2.67. The van der Waals surface area contributed by atoms with Crippen molar-refractivity contribution in [1.82, 2.24) is 15.1 Å². The molecular weight excluding hydrogens is 246 g/mol. The number of nitrogens with two attached hydrogens (primary N) is 1. The zero-order valence-corrected chi connectivity index (χ0v) is 9.52. The van der Waals surface area contributed by atoms with Crippen LogP contribution >= 0.6 is 11.6 Å². The van der Waals surface area contributed by atoms with E-state index < -0.39 is 5.91 Å². The van der Waals surface area contributed by atoms with Crippen molar-refractivity contribution in [1.29, 1.82) is 0 Å². The van der Waals surface area contributed by atoms with Crippen molar-refractivity contribution >= 4 is 29.3 Å². The minimum absolute atomic E-state index is 0.00233. The van der Waals surface area contributed by atoms with E-state index in [4.69, 9.17) is 21.9 Å². The van der Waals surface area contributed by atoms with Gasteiger partial charge in [-0.05, 0) is 19.1 Å². The Bertz CT molecular complexity index is 568. The Morgan fingerprint density at radius 1 is 1.47 bits per heavy atom. The Morgan fingerprint density at radius 2 is 2.24 bits per heavy atom. The second-order valence-corrected chi connectivity index (χ2v) is 3.57. The van der Waals surface area contributed by atoms with Gasteiger partial charge in [0.05, 0.1) is 5.02 Å². The van der Waals surface area contributed by atoms with Gasteiger partial charge in [0, 0.05) is 0 Å². The summed E-state index contributed by atoms with van der Waals surface area (Å²) in [7, 11) is 0. The van der Waals surface area contributed by atoms with Crippen LogP contribution in [0.1, 0.15) is 16.3 Å². The van der Waals surface area contributed by atoms with Crippen molar-refractivity contribution in [3.8, 4) is 0 Å². The number of nitrogens with one attached hydrogen (secondary N) is 1. The number of nitrogens with zero attached hydrogens (tertiary/aromatic N) is 3. The first-order chi connectivity index (χ1) is 8.06. The third-order valence-electron chi connectivity index (χ3n) is 1.83. The van der Waals surface area contributed by atoms with Crippen molar-refractivity contribution in [2.75, 3.05) is 11.1 Å². The third kappa shape index (κ3) is 2.51. The second kappa shape index (κ2) is 4.38. The monoisotopic (exact) mass is 253 g/mol. The minimum Gasteiger partial charge on any atom is -0.384 e. The van der Waals surface area contributed by atoms with Gasteiger partial charge in [-0.3, -0.25) is 10.1 Å². The lowest BCUT2D eigenvalue weighted by atomic mass is 10.3. The predicted octanol–water partition coefficient (Wildman–Crippen LogP) is 1.26. The maximum absolute atomic E-state index is 11.8. The Labute approximate surface area is 101 Å². The van der Waals surface area contributed by atoms with Crippen LogP contribution in [-0.2, 0) is 0 Å². The highest BCUT2D eigenvalue weighted by atomic mass is 35.5. The topological polar surface area (TPSA) is 107 Å². The fourth-order valence-electron chi connectivity index (χ4n) is 1.12. The molecule has 0 bridgehead atoms. The molecule has 0 atom stereocenters. The molecule has 0 unspecified atom stereocenters. The highest BCUT2D eigenvalue weighted by Gasteiger charge is 2.15. The summed E-state index contributed by atoms with van der Waals surface area (Å²) in [4.78, 5) is 19.4. The molecule has 88 valence electrons. The van der Waals surface area contributed by atoms with Gasteiger partial charge in [0.15, 0.2) is 5.82 Å². The SMILES string of the molecule is Cc1noc(NC(=O)c2nc(N)ccc2Cl)n1. The van der Waals surface area contributed by atoms with Gasteiger partial charge in [-0.25, -0.2) is 4.98 Å². The van der Waals surface area contributed by atoms with Crippen molar-refractivity contribution in [3.05, 3.63) is 28.7 Å². The van der Waals surface area contributed by atoms with Crippen LogP contribution in [0.25, 0.3) is 0 Å². The van der Waals surface area contributed by atoms with Gasteiger partial charge in [0.25, 0.3) is 5.91 Å². The van der Waals surface area contributed by atoms with Crippen LogP contribution in [0.15, 0.2) is 16.7 Å². The van der Waals surface area contributed by atoms with Crippen LogP contribution < -0.4 is 11.1 Å². The zero-order chi connectivity index (χ0) is 12.4. The van der Waals surface area contributed by atoms with Crippen LogP contribution in [0, 0.1) is 6.92 Å². The van der Waals surface area contributed by atoms with Crippen molar-refractivity contribution in [3.63, 3.8) is 0 Å². The first kappa shape index (κ1) is 11.3. The largest absolute Gasteiger partial charge is 0.384 e. The molecule has 0 aliphatic carbocycles. The van der Waals surface area contributed by atoms with Crippen molar-refractivity contribution in [2.45, 2.75) is 6.92 Å². The van der Waals surface area contributed by atoms with Gasteiger partial charge >= 0.3 is 6.01 Å². The molecule has 0 aliphatic heterocycles. The van der Waals surface area contributed by atoms with E-state index in [1.807, 2.05) is 0 Å². The first-order valence-electron chi connectivity index (χ1n) is 4.60. The molecule has 0 fully saturated rings. The molecule has 2 heterocycles. The van der Waals surface area contributed by atoms with E-state index >= 15 is 0 Å². The summed E-state index contributed by atoms with van der Waals surface area (Å²) in [5, 5.41) is 6.08. The number of carbonyl (C=O) groups is 1. The quantitative estimate of drug-likeness (QED) is 0.834. The lowest BCUT2D eigenvalue weighted by Crippen LogP contribution is -2.15. The summed E-state index contributed by atoms with van der Waals surface area (Å²) in [6.07, 6.45) is 0. The molecule has 0 aliphatic rings. The van der Waals surface area contributed by atoms with E-state index in [1.165, 1.54) is 12.1 Å². The molecule has 17 heavy (non-hydrogen) atoms. The van der Waals surface area contributed by atoms with Gasteiger partial charge in [0.1, 0.15) is 11.5 Å². The normalized spacial score (nSPS) is 10.2. The van der Waals surface area contributed by atoms with E-state index in [0.717, 1.165) is 0 Å². The summed E-state index contributed by atoms with van der Waals surface area (Å²) in [6.45, 7) is 1.63. The zero-order valence-electron chi connectivity index (χ0n) is 8.77. The summed E-state index contributed by atoms with van der Waals surface area (Å²) < 4.78 is 4.73. The Morgan fingerprint density at radius 3 is 2.88 bits per heavy atom. The lowest BCUT2D eigenvalue weighted by molar-refractivity contribution is 0.101. The van der Waals surface area contributed by atoms with Crippen molar-refractivity contribution in [2.24, 2.45) is 0 Å². The first-order valence-corrected chi connectivity index (χ1v) is 4.98. The molecule has 0 radical (unpaired) electrons. The molecule has 0 saturated heterocycles. The van der Waals surface area contributed by atoms with Gasteiger partial charge in [-0.1, -0.05) is 16.8 Å². The van der Waals surface area contributed by atoms with Gasteiger partial charge in [-0.2, -0.15) is 4.98 Å². The number of amides is 1. The summed E-state index contributed by atoms with van der Waals surface area (Å²) in [6, 6.07) is 2.96. The Hall–Kier alpha value is -2.15. The second-order valence-electron chi connectivity index (χ2n) is 3.17. The molecule has 0 aromatic carbocycles. The van der Waals surface area contributed by atoms with Gasteiger partial charge in [-0.15, -0.1) is 0 Å². The molecule has 2 aromatic heterocycles. The third-order valence-corrected chi connectivity index (χ3v) is 2.14. The number of halogens is 1. The number of nitrogen functional groups attached to an aromatic ring is 1. The molecule has 0 spiro atoms. The van der Waals surface area contributed by atoms with E-state index in [-0.39, 0.29) is 22.5 Å². The van der Waals surface area contributed by atoms with Gasteiger partial charge in [0.2, 0.25) is 0 Å². The van der Waals surface area contributed by atoms with E-state index in [0.29, 0.717) is 5.82 Å². The predicted molar refractivity (Wildman–Crippen MR) is 60.6 cm³/mol. The van der Waals surface area contributed by atoms with E-state index in [1.54, 1.807) is 6.92 Å². The smallest absolute Gasteiger partial charge is 0.328 e. The van der Waals surface area contributed by atoms with Gasteiger partial charge < -0.3 is 10.3 Å². The maximum Gasteiger partial charge on any atom is 0.328 e. The fourth-order valence-corrected chi connectivity index (χ4v) is 1.31. The molecule has 0 saturated carbocycles. The highest BCUT2D eigenvalue weighted by molar-refractivity contribution is 6.34.